The van der Waals surface area contributed by atoms with E-state index in [-0.39, 0.29) is 0 Å². The number of nitrogens with one attached hydrogen (secondary N) is 1. The maximum atomic E-state index is 4.74. The number of rotatable bonds is 4. The molecule has 0 saturated carbocycles. The predicted octanol–water partition coefficient (Wildman–Crippen LogP) is 2.77. The molecule has 0 bridgehead atoms. The molecule has 1 aromatic heterocycles. The molecular formula is C16H28N4. The van der Waals surface area contributed by atoms with E-state index in [1.165, 1.54) is 12.0 Å². The van der Waals surface area contributed by atoms with Crippen LogP contribution in [0.2, 0.25) is 0 Å². The van der Waals surface area contributed by atoms with Crippen molar-refractivity contribution >= 4 is 5.95 Å². The third-order valence-corrected chi connectivity index (χ3v) is 4.49. The number of piperidine rings is 1. The van der Waals surface area contributed by atoms with Crippen molar-refractivity contribution in [3.05, 3.63) is 17.5 Å². The minimum Gasteiger partial charge on any atom is -0.338 e. The molecule has 0 amide bonds. The first-order chi connectivity index (χ1) is 9.52. The van der Waals surface area contributed by atoms with Gasteiger partial charge in [-0.1, -0.05) is 20.8 Å². The van der Waals surface area contributed by atoms with Gasteiger partial charge in [0.15, 0.2) is 0 Å². The summed E-state index contributed by atoms with van der Waals surface area (Å²) in [7, 11) is 0. The van der Waals surface area contributed by atoms with Gasteiger partial charge in [-0.3, -0.25) is 0 Å². The SMILES string of the molecule is CCNCc1cnc(N2CC(C)CC(C)C2C)nc1C. The fraction of sp³-hybridized carbons (Fsp3) is 0.750. The van der Waals surface area contributed by atoms with Crippen LogP contribution in [0.4, 0.5) is 5.95 Å². The summed E-state index contributed by atoms with van der Waals surface area (Å²) in [5.41, 5.74) is 2.29. The summed E-state index contributed by atoms with van der Waals surface area (Å²) in [6, 6.07) is 0.519. The minimum absolute atomic E-state index is 0.519. The molecular weight excluding hydrogens is 248 g/mol. The number of aromatic nitrogens is 2. The van der Waals surface area contributed by atoms with Crippen LogP contribution in [0.3, 0.4) is 0 Å². The number of hydrogen-bond donors (Lipinski definition) is 1. The number of nitrogens with zero attached hydrogens (tertiary/aromatic N) is 3. The maximum absolute atomic E-state index is 4.74. The van der Waals surface area contributed by atoms with E-state index >= 15 is 0 Å². The van der Waals surface area contributed by atoms with Gasteiger partial charge in [0.1, 0.15) is 0 Å². The molecule has 1 fully saturated rings. The van der Waals surface area contributed by atoms with E-state index in [0.717, 1.165) is 31.3 Å². The third-order valence-electron chi connectivity index (χ3n) is 4.49. The zero-order chi connectivity index (χ0) is 14.7. The fourth-order valence-corrected chi connectivity index (χ4v) is 3.03. The first-order valence-corrected chi connectivity index (χ1v) is 7.82. The first-order valence-electron chi connectivity index (χ1n) is 7.82. The predicted molar refractivity (Wildman–Crippen MR) is 83.9 cm³/mol. The Bertz CT molecular complexity index is 446. The Balaban J connectivity index is 2.17. The lowest BCUT2D eigenvalue weighted by Gasteiger charge is -2.41. The van der Waals surface area contributed by atoms with E-state index in [9.17, 15) is 0 Å². The van der Waals surface area contributed by atoms with Crippen molar-refractivity contribution in [2.24, 2.45) is 11.8 Å². The van der Waals surface area contributed by atoms with Gasteiger partial charge >= 0.3 is 0 Å². The number of hydrogen-bond acceptors (Lipinski definition) is 4. The van der Waals surface area contributed by atoms with Crippen molar-refractivity contribution < 1.29 is 0 Å². The smallest absolute Gasteiger partial charge is 0.225 e. The van der Waals surface area contributed by atoms with Crippen LogP contribution < -0.4 is 10.2 Å². The topological polar surface area (TPSA) is 41.1 Å². The molecule has 20 heavy (non-hydrogen) atoms. The van der Waals surface area contributed by atoms with Crippen LogP contribution in [-0.4, -0.2) is 29.1 Å². The zero-order valence-corrected chi connectivity index (χ0v) is 13.5. The van der Waals surface area contributed by atoms with E-state index in [1.807, 2.05) is 6.20 Å². The van der Waals surface area contributed by atoms with E-state index in [0.29, 0.717) is 17.9 Å². The van der Waals surface area contributed by atoms with Crippen LogP contribution in [0.1, 0.15) is 45.4 Å². The van der Waals surface area contributed by atoms with Gasteiger partial charge in [0.25, 0.3) is 0 Å². The Hall–Kier alpha value is -1.16. The average molecular weight is 276 g/mol. The van der Waals surface area contributed by atoms with Gasteiger partial charge in [0.2, 0.25) is 5.95 Å². The monoisotopic (exact) mass is 276 g/mol. The van der Waals surface area contributed by atoms with Crippen molar-refractivity contribution in [3.8, 4) is 0 Å². The molecule has 2 rings (SSSR count). The molecule has 4 nitrogen and oxygen atoms in total. The summed E-state index contributed by atoms with van der Waals surface area (Å²) in [4.78, 5) is 11.7. The highest BCUT2D eigenvalue weighted by Crippen LogP contribution is 2.29. The summed E-state index contributed by atoms with van der Waals surface area (Å²) in [6.45, 7) is 14.0. The molecule has 1 aliphatic heterocycles. The first kappa shape index (κ1) is 15.2. The standard InChI is InChI=1S/C16H28N4/c1-6-17-8-15-9-18-16(19-13(15)4)20-10-11(2)7-12(3)14(20)5/h9,11-12,14,17H,6-8,10H2,1-5H3. The lowest BCUT2D eigenvalue weighted by Crippen LogP contribution is -2.46. The van der Waals surface area contributed by atoms with Crippen molar-refractivity contribution in [1.82, 2.24) is 15.3 Å². The van der Waals surface area contributed by atoms with Gasteiger partial charge in [0, 0.05) is 36.6 Å². The molecule has 1 aromatic rings. The van der Waals surface area contributed by atoms with Crippen LogP contribution in [0, 0.1) is 18.8 Å². The van der Waals surface area contributed by atoms with Crippen LogP contribution in [0.15, 0.2) is 6.20 Å². The van der Waals surface area contributed by atoms with E-state index < -0.39 is 0 Å². The highest BCUT2D eigenvalue weighted by Gasteiger charge is 2.30. The van der Waals surface area contributed by atoms with Gasteiger partial charge in [-0.05, 0) is 38.6 Å². The van der Waals surface area contributed by atoms with Crippen LogP contribution in [0.25, 0.3) is 0 Å². The van der Waals surface area contributed by atoms with Gasteiger partial charge in [-0.25, -0.2) is 9.97 Å². The Morgan fingerprint density at radius 2 is 2.10 bits per heavy atom. The number of aryl methyl sites for hydroxylation is 1. The average Bonchev–Trinajstić information content (AvgIpc) is 2.41. The second-order valence-electron chi connectivity index (χ2n) is 6.27. The molecule has 0 aliphatic carbocycles. The largest absolute Gasteiger partial charge is 0.338 e. The fourth-order valence-electron chi connectivity index (χ4n) is 3.03. The van der Waals surface area contributed by atoms with Gasteiger partial charge in [0.05, 0.1) is 0 Å². The quantitative estimate of drug-likeness (QED) is 0.918. The molecule has 1 aliphatic rings. The second-order valence-corrected chi connectivity index (χ2v) is 6.27. The lowest BCUT2D eigenvalue weighted by molar-refractivity contribution is 0.293. The summed E-state index contributed by atoms with van der Waals surface area (Å²) in [5, 5.41) is 3.33. The summed E-state index contributed by atoms with van der Waals surface area (Å²) in [6.07, 6.45) is 3.28. The highest BCUT2D eigenvalue weighted by molar-refractivity contribution is 5.35. The highest BCUT2D eigenvalue weighted by atomic mass is 15.3. The van der Waals surface area contributed by atoms with Gasteiger partial charge in [-0.15, -0.1) is 0 Å². The lowest BCUT2D eigenvalue weighted by atomic mass is 9.86. The Kier molecular flexibility index (Phi) is 4.97. The summed E-state index contributed by atoms with van der Waals surface area (Å²) < 4.78 is 0. The van der Waals surface area contributed by atoms with E-state index in [2.05, 4.69) is 49.8 Å². The molecule has 1 N–H and O–H groups in total. The molecule has 3 atom stereocenters. The van der Waals surface area contributed by atoms with Crippen LogP contribution in [-0.2, 0) is 6.54 Å². The normalized spacial score (nSPS) is 26.9. The molecule has 0 radical (unpaired) electrons. The molecule has 3 unspecified atom stereocenters. The summed E-state index contributed by atoms with van der Waals surface area (Å²) in [5.74, 6) is 2.31. The van der Waals surface area contributed by atoms with Crippen LogP contribution in [0.5, 0.6) is 0 Å². The molecule has 1 saturated heterocycles. The third kappa shape index (κ3) is 3.29. The molecule has 0 spiro atoms. The Labute approximate surface area is 123 Å². The zero-order valence-electron chi connectivity index (χ0n) is 13.5. The van der Waals surface area contributed by atoms with Gasteiger partial charge < -0.3 is 10.2 Å². The van der Waals surface area contributed by atoms with E-state index in [4.69, 9.17) is 4.98 Å². The van der Waals surface area contributed by atoms with Crippen molar-refractivity contribution in [2.75, 3.05) is 18.0 Å². The van der Waals surface area contributed by atoms with Gasteiger partial charge in [-0.2, -0.15) is 0 Å². The molecule has 0 aromatic carbocycles. The van der Waals surface area contributed by atoms with Crippen molar-refractivity contribution in [2.45, 2.75) is 53.6 Å². The molecule has 112 valence electrons. The van der Waals surface area contributed by atoms with Crippen LogP contribution >= 0.6 is 0 Å². The molecule has 2 heterocycles. The minimum atomic E-state index is 0.519. The Morgan fingerprint density at radius 1 is 1.35 bits per heavy atom. The van der Waals surface area contributed by atoms with Crippen molar-refractivity contribution in [3.63, 3.8) is 0 Å². The molecule has 4 heteroatoms. The van der Waals surface area contributed by atoms with E-state index in [1.54, 1.807) is 0 Å². The number of anilines is 1. The Morgan fingerprint density at radius 3 is 2.75 bits per heavy atom. The van der Waals surface area contributed by atoms with Crippen molar-refractivity contribution in [1.29, 1.82) is 0 Å². The maximum Gasteiger partial charge on any atom is 0.225 e. The summed E-state index contributed by atoms with van der Waals surface area (Å²) >= 11 is 0. The second kappa shape index (κ2) is 6.53.